The molecule has 7 heteroatoms. The fourth-order valence-electron chi connectivity index (χ4n) is 2.67. The molecule has 0 fully saturated rings. The molecule has 0 aliphatic heterocycles. The number of benzene rings is 2. The van der Waals surface area contributed by atoms with E-state index < -0.39 is 6.10 Å². The van der Waals surface area contributed by atoms with Gasteiger partial charge in [-0.25, -0.2) is 4.68 Å². The van der Waals surface area contributed by atoms with Crippen LogP contribution >= 0.6 is 0 Å². The maximum atomic E-state index is 12.4. The van der Waals surface area contributed by atoms with Crippen molar-refractivity contribution in [1.29, 1.82) is 0 Å². The molecule has 2 aromatic carbocycles. The van der Waals surface area contributed by atoms with E-state index in [1.165, 1.54) is 11.9 Å². The maximum absolute atomic E-state index is 12.4. The molecule has 140 valence electrons. The van der Waals surface area contributed by atoms with Gasteiger partial charge in [-0.15, -0.1) is 5.10 Å². The Labute approximate surface area is 158 Å². The molecule has 0 saturated heterocycles. The fourth-order valence-corrected chi connectivity index (χ4v) is 2.67. The molecular weight excluding hydrogens is 342 g/mol. The monoisotopic (exact) mass is 365 g/mol. The fraction of sp³-hybridized carbons (Fsp3) is 0.300. The summed E-state index contributed by atoms with van der Waals surface area (Å²) in [5, 5.41) is 14.0. The van der Waals surface area contributed by atoms with E-state index in [0.29, 0.717) is 5.75 Å². The molecule has 0 saturated carbocycles. The van der Waals surface area contributed by atoms with Crippen molar-refractivity contribution in [2.45, 2.75) is 38.8 Å². The van der Waals surface area contributed by atoms with Crippen molar-refractivity contribution in [2.24, 2.45) is 0 Å². The van der Waals surface area contributed by atoms with Crippen LogP contribution in [0.3, 0.4) is 0 Å². The predicted molar refractivity (Wildman–Crippen MR) is 102 cm³/mol. The van der Waals surface area contributed by atoms with Crippen molar-refractivity contribution in [2.75, 3.05) is 0 Å². The largest absolute Gasteiger partial charge is 0.481 e. The lowest BCUT2D eigenvalue weighted by Gasteiger charge is -2.19. The van der Waals surface area contributed by atoms with E-state index in [-0.39, 0.29) is 11.9 Å². The topological polar surface area (TPSA) is 81.9 Å². The summed E-state index contributed by atoms with van der Waals surface area (Å²) < 4.78 is 7.29. The SMILES string of the molecule is CC(CCc1ccccc1)NC(=O)C(C)Oc1ccc(-n2cnnn2)cc1. The number of rotatable bonds is 8. The third-order valence-electron chi connectivity index (χ3n) is 4.23. The first-order valence-corrected chi connectivity index (χ1v) is 8.96. The van der Waals surface area contributed by atoms with E-state index in [0.717, 1.165) is 18.5 Å². The summed E-state index contributed by atoms with van der Waals surface area (Å²) in [5.74, 6) is 0.492. The van der Waals surface area contributed by atoms with E-state index in [1.54, 1.807) is 23.7 Å². The highest BCUT2D eigenvalue weighted by Crippen LogP contribution is 2.16. The van der Waals surface area contributed by atoms with Gasteiger partial charge in [0.2, 0.25) is 0 Å². The molecule has 0 radical (unpaired) electrons. The molecule has 27 heavy (non-hydrogen) atoms. The second-order valence-electron chi connectivity index (χ2n) is 6.44. The Morgan fingerprint density at radius 3 is 2.52 bits per heavy atom. The normalized spacial score (nSPS) is 13.0. The van der Waals surface area contributed by atoms with Crippen LogP contribution in [0.2, 0.25) is 0 Å². The minimum absolute atomic E-state index is 0.0750. The van der Waals surface area contributed by atoms with Gasteiger partial charge >= 0.3 is 0 Å². The number of nitrogens with one attached hydrogen (secondary N) is 1. The molecule has 7 nitrogen and oxygen atoms in total. The van der Waals surface area contributed by atoms with Crippen LogP contribution in [0.5, 0.6) is 5.75 Å². The van der Waals surface area contributed by atoms with Crippen molar-refractivity contribution in [1.82, 2.24) is 25.5 Å². The zero-order valence-corrected chi connectivity index (χ0v) is 15.4. The standard InChI is InChI=1S/C20H23N5O2/c1-15(8-9-17-6-4-3-5-7-17)22-20(26)16(2)27-19-12-10-18(11-13-19)25-14-21-23-24-25/h3-7,10-16H,8-9H2,1-2H3,(H,22,26). The van der Waals surface area contributed by atoms with Gasteiger partial charge in [0.15, 0.2) is 6.10 Å². The van der Waals surface area contributed by atoms with Crippen LogP contribution in [-0.4, -0.2) is 38.3 Å². The van der Waals surface area contributed by atoms with Crippen LogP contribution in [0.4, 0.5) is 0 Å². The number of ether oxygens (including phenoxy) is 1. The summed E-state index contributed by atoms with van der Waals surface area (Å²) >= 11 is 0. The highest BCUT2D eigenvalue weighted by molar-refractivity contribution is 5.80. The molecule has 1 aromatic heterocycles. The Morgan fingerprint density at radius 2 is 1.85 bits per heavy atom. The van der Waals surface area contributed by atoms with Crippen molar-refractivity contribution < 1.29 is 9.53 Å². The highest BCUT2D eigenvalue weighted by Gasteiger charge is 2.17. The molecule has 0 aliphatic rings. The van der Waals surface area contributed by atoms with Crippen molar-refractivity contribution >= 4 is 5.91 Å². The quantitative estimate of drug-likeness (QED) is 0.663. The lowest BCUT2D eigenvalue weighted by atomic mass is 10.1. The maximum Gasteiger partial charge on any atom is 0.260 e. The predicted octanol–water partition coefficient (Wildman–Crippen LogP) is 2.57. The van der Waals surface area contributed by atoms with Crippen LogP contribution in [0, 0.1) is 0 Å². The Hall–Kier alpha value is -3.22. The van der Waals surface area contributed by atoms with Crippen molar-refractivity contribution in [3.8, 4) is 11.4 Å². The average molecular weight is 365 g/mol. The van der Waals surface area contributed by atoms with E-state index in [1.807, 2.05) is 37.3 Å². The molecule has 0 spiro atoms. The smallest absolute Gasteiger partial charge is 0.260 e. The van der Waals surface area contributed by atoms with Crippen LogP contribution < -0.4 is 10.1 Å². The number of carbonyl (C=O) groups excluding carboxylic acids is 1. The number of amides is 1. The van der Waals surface area contributed by atoms with Crippen LogP contribution in [0.25, 0.3) is 5.69 Å². The molecule has 0 bridgehead atoms. The van der Waals surface area contributed by atoms with Gasteiger partial charge in [0, 0.05) is 6.04 Å². The number of hydrogen-bond acceptors (Lipinski definition) is 5. The van der Waals surface area contributed by atoms with Crippen LogP contribution in [0.1, 0.15) is 25.8 Å². The number of hydrogen-bond donors (Lipinski definition) is 1. The molecule has 1 N–H and O–H groups in total. The van der Waals surface area contributed by atoms with Crippen LogP contribution in [0.15, 0.2) is 60.9 Å². The molecule has 0 aliphatic carbocycles. The second kappa shape index (κ2) is 8.93. The summed E-state index contributed by atoms with van der Waals surface area (Å²) in [6.07, 6.45) is 2.74. The zero-order valence-electron chi connectivity index (χ0n) is 15.4. The van der Waals surface area contributed by atoms with E-state index in [4.69, 9.17) is 4.74 Å². The number of aryl methyl sites for hydroxylation is 1. The number of carbonyl (C=O) groups is 1. The van der Waals surface area contributed by atoms with Crippen molar-refractivity contribution in [3.63, 3.8) is 0 Å². The Kier molecular flexibility index (Phi) is 6.14. The molecule has 2 atom stereocenters. The third kappa shape index (κ3) is 5.37. The number of nitrogens with zero attached hydrogens (tertiary/aromatic N) is 4. The van der Waals surface area contributed by atoms with Gasteiger partial charge in [-0.2, -0.15) is 0 Å². The zero-order chi connectivity index (χ0) is 19.1. The number of aromatic nitrogens is 4. The van der Waals surface area contributed by atoms with Gasteiger partial charge in [-0.05, 0) is 66.9 Å². The number of tetrazole rings is 1. The molecule has 3 aromatic rings. The summed E-state index contributed by atoms with van der Waals surface area (Å²) in [6.45, 7) is 3.75. The summed E-state index contributed by atoms with van der Waals surface area (Å²) in [4.78, 5) is 12.4. The first-order chi connectivity index (χ1) is 13.1. The Balaban J connectivity index is 1.47. The lowest BCUT2D eigenvalue weighted by molar-refractivity contribution is -0.127. The van der Waals surface area contributed by atoms with Gasteiger partial charge in [0.1, 0.15) is 12.1 Å². The first-order valence-electron chi connectivity index (χ1n) is 8.96. The lowest BCUT2D eigenvalue weighted by Crippen LogP contribution is -2.41. The van der Waals surface area contributed by atoms with E-state index in [9.17, 15) is 4.79 Å². The van der Waals surface area contributed by atoms with Crippen LogP contribution in [-0.2, 0) is 11.2 Å². The highest BCUT2D eigenvalue weighted by atomic mass is 16.5. The average Bonchev–Trinajstić information content (AvgIpc) is 3.22. The summed E-state index contributed by atoms with van der Waals surface area (Å²) in [5.41, 5.74) is 2.09. The van der Waals surface area contributed by atoms with Gasteiger partial charge in [0.05, 0.1) is 5.69 Å². The Bertz CT molecular complexity index is 835. The summed E-state index contributed by atoms with van der Waals surface area (Å²) in [7, 11) is 0. The Morgan fingerprint density at radius 1 is 1.11 bits per heavy atom. The van der Waals surface area contributed by atoms with Crippen molar-refractivity contribution in [3.05, 3.63) is 66.5 Å². The third-order valence-corrected chi connectivity index (χ3v) is 4.23. The summed E-state index contributed by atoms with van der Waals surface area (Å²) in [6, 6.07) is 17.6. The molecular formula is C20H23N5O2. The molecule has 2 unspecified atom stereocenters. The van der Waals surface area contributed by atoms with Gasteiger partial charge in [0.25, 0.3) is 5.91 Å². The molecule has 1 amide bonds. The van der Waals surface area contributed by atoms with E-state index in [2.05, 4.69) is 33.0 Å². The molecule has 1 heterocycles. The van der Waals surface area contributed by atoms with Gasteiger partial charge in [-0.1, -0.05) is 30.3 Å². The molecule has 3 rings (SSSR count). The second-order valence-corrected chi connectivity index (χ2v) is 6.44. The minimum Gasteiger partial charge on any atom is -0.481 e. The first kappa shape index (κ1) is 18.6. The van der Waals surface area contributed by atoms with Gasteiger partial charge in [-0.3, -0.25) is 4.79 Å². The minimum atomic E-state index is -0.580. The van der Waals surface area contributed by atoms with E-state index >= 15 is 0 Å². The van der Waals surface area contributed by atoms with Gasteiger partial charge < -0.3 is 10.1 Å².